The Balaban J connectivity index is 1.31. The largest absolute Gasteiger partial charge is 0.354 e. The maximum absolute atomic E-state index is 12.5. The summed E-state index contributed by atoms with van der Waals surface area (Å²) < 4.78 is 0. The van der Waals surface area contributed by atoms with Gasteiger partial charge in [-0.2, -0.15) is 0 Å². The van der Waals surface area contributed by atoms with Gasteiger partial charge in [-0.25, -0.2) is 9.97 Å². The van der Waals surface area contributed by atoms with Crippen LogP contribution in [0.1, 0.15) is 23.0 Å². The lowest BCUT2D eigenvalue weighted by Crippen LogP contribution is -2.46. The van der Waals surface area contributed by atoms with Crippen molar-refractivity contribution in [3.05, 3.63) is 64.3 Å². The van der Waals surface area contributed by atoms with E-state index in [1.807, 2.05) is 42.6 Å². The molecule has 1 fully saturated rings. The number of nitrogens with one attached hydrogen (secondary N) is 1. The van der Waals surface area contributed by atoms with Crippen LogP contribution in [0.3, 0.4) is 0 Å². The first-order chi connectivity index (χ1) is 14.6. The standard InChI is InChI=1S/C22H24ClN5OS/c1-2-27-9-11-28(12-10-27)20-8-3-16(13-24-20)14-25-21(29)19-15-30-22(26-19)17-4-6-18(23)7-5-17/h3-8,13,15H,2,9-12,14H2,1H3,(H,25,29). The molecule has 0 aliphatic carbocycles. The first kappa shape index (κ1) is 20.8. The summed E-state index contributed by atoms with van der Waals surface area (Å²) in [6, 6.07) is 11.5. The molecule has 0 spiro atoms. The molecule has 0 radical (unpaired) electrons. The lowest BCUT2D eigenvalue weighted by molar-refractivity contribution is 0.0946. The molecular formula is C22H24ClN5OS. The van der Waals surface area contributed by atoms with Crippen molar-refractivity contribution in [2.24, 2.45) is 0 Å². The quantitative estimate of drug-likeness (QED) is 0.628. The number of hydrogen-bond donors (Lipinski definition) is 1. The summed E-state index contributed by atoms with van der Waals surface area (Å²) in [4.78, 5) is 26.3. The molecule has 30 heavy (non-hydrogen) atoms. The van der Waals surface area contributed by atoms with Gasteiger partial charge in [0.05, 0.1) is 0 Å². The zero-order valence-electron chi connectivity index (χ0n) is 16.8. The summed E-state index contributed by atoms with van der Waals surface area (Å²) in [5.74, 6) is 0.805. The highest BCUT2D eigenvalue weighted by atomic mass is 35.5. The molecule has 3 aromatic rings. The molecule has 1 amide bonds. The van der Waals surface area contributed by atoms with Gasteiger partial charge in [0.1, 0.15) is 16.5 Å². The molecule has 1 aromatic carbocycles. The third-order valence-electron chi connectivity index (χ3n) is 5.23. The number of nitrogens with zero attached hydrogens (tertiary/aromatic N) is 4. The van der Waals surface area contributed by atoms with Crippen LogP contribution in [0.15, 0.2) is 48.0 Å². The van der Waals surface area contributed by atoms with Gasteiger partial charge in [-0.3, -0.25) is 4.79 Å². The SMILES string of the molecule is CCN1CCN(c2ccc(CNC(=O)c3csc(-c4ccc(Cl)cc4)n3)cn2)CC1. The van der Waals surface area contributed by atoms with Gasteiger partial charge in [-0.1, -0.05) is 36.7 Å². The van der Waals surface area contributed by atoms with E-state index in [0.29, 0.717) is 17.3 Å². The number of halogens is 1. The Morgan fingerprint density at radius 2 is 1.90 bits per heavy atom. The van der Waals surface area contributed by atoms with Crippen LogP contribution in [-0.2, 0) is 6.54 Å². The molecule has 1 N–H and O–H groups in total. The lowest BCUT2D eigenvalue weighted by Gasteiger charge is -2.34. The van der Waals surface area contributed by atoms with Crippen LogP contribution >= 0.6 is 22.9 Å². The number of pyridine rings is 1. The van der Waals surface area contributed by atoms with Crippen LogP contribution in [0.5, 0.6) is 0 Å². The van der Waals surface area contributed by atoms with E-state index in [1.54, 1.807) is 5.38 Å². The minimum absolute atomic E-state index is 0.189. The van der Waals surface area contributed by atoms with E-state index in [4.69, 9.17) is 11.6 Å². The Bertz CT molecular complexity index is 982. The lowest BCUT2D eigenvalue weighted by atomic mass is 10.2. The molecular weight excluding hydrogens is 418 g/mol. The number of aromatic nitrogens is 2. The fourth-order valence-electron chi connectivity index (χ4n) is 3.38. The Hall–Kier alpha value is -2.48. The van der Waals surface area contributed by atoms with Crippen LogP contribution in [0, 0.1) is 0 Å². The summed E-state index contributed by atoms with van der Waals surface area (Å²) in [6.45, 7) is 7.85. The number of rotatable bonds is 6. The van der Waals surface area contributed by atoms with Gasteiger partial charge in [-0.05, 0) is 30.3 Å². The minimum Gasteiger partial charge on any atom is -0.354 e. The maximum Gasteiger partial charge on any atom is 0.271 e. The van der Waals surface area contributed by atoms with Gasteiger partial charge >= 0.3 is 0 Å². The predicted molar refractivity (Wildman–Crippen MR) is 122 cm³/mol. The van der Waals surface area contributed by atoms with E-state index in [1.165, 1.54) is 11.3 Å². The van der Waals surface area contributed by atoms with Crippen molar-refractivity contribution in [3.8, 4) is 10.6 Å². The molecule has 1 aliphatic heterocycles. The molecule has 156 valence electrons. The van der Waals surface area contributed by atoms with Crippen molar-refractivity contribution in [1.82, 2.24) is 20.2 Å². The Morgan fingerprint density at radius 3 is 2.57 bits per heavy atom. The Morgan fingerprint density at radius 1 is 1.13 bits per heavy atom. The van der Waals surface area contributed by atoms with Gasteiger partial charge in [0.15, 0.2) is 0 Å². The van der Waals surface area contributed by atoms with E-state index in [0.717, 1.165) is 54.7 Å². The average Bonchev–Trinajstić information content (AvgIpc) is 3.29. The molecule has 0 atom stereocenters. The van der Waals surface area contributed by atoms with Gasteiger partial charge in [0.2, 0.25) is 0 Å². The van der Waals surface area contributed by atoms with Gasteiger partial charge in [-0.15, -0.1) is 11.3 Å². The minimum atomic E-state index is -0.189. The number of carbonyl (C=O) groups excluding carboxylic acids is 1. The summed E-state index contributed by atoms with van der Waals surface area (Å²) in [7, 11) is 0. The highest BCUT2D eigenvalue weighted by molar-refractivity contribution is 7.13. The fraction of sp³-hybridized carbons (Fsp3) is 0.318. The zero-order chi connectivity index (χ0) is 20.9. The summed E-state index contributed by atoms with van der Waals surface area (Å²) >= 11 is 7.37. The highest BCUT2D eigenvalue weighted by Gasteiger charge is 2.17. The zero-order valence-corrected chi connectivity index (χ0v) is 18.4. The van der Waals surface area contributed by atoms with E-state index in [-0.39, 0.29) is 5.91 Å². The van der Waals surface area contributed by atoms with Crippen molar-refractivity contribution in [3.63, 3.8) is 0 Å². The monoisotopic (exact) mass is 441 g/mol. The van der Waals surface area contributed by atoms with Crippen molar-refractivity contribution in [1.29, 1.82) is 0 Å². The van der Waals surface area contributed by atoms with Crippen LogP contribution in [0.25, 0.3) is 10.6 Å². The average molecular weight is 442 g/mol. The molecule has 0 unspecified atom stereocenters. The molecule has 0 saturated carbocycles. The van der Waals surface area contributed by atoms with E-state index < -0.39 is 0 Å². The van der Waals surface area contributed by atoms with Crippen LogP contribution in [0.4, 0.5) is 5.82 Å². The first-order valence-corrected chi connectivity index (χ1v) is 11.3. The second-order valence-corrected chi connectivity index (χ2v) is 8.47. The third kappa shape index (κ3) is 4.98. The molecule has 1 saturated heterocycles. The van der Waals surface area contributed by atoms with Crippen LogP contribution in [-0.4, -0.2) is 53.5 Å². The Labute approximate surface area is 185 Å². The smallest absolute Gasteiger partial charge is 0.271 e. The number of piperazine rings is 1. The van der Waals surface area contributed by atoms with Gasteiger partial charge in [0.25, 0.3) is 5.91 Å². The van der Waals surface area contributed by atoms with Crippen LogP contribution in [0.2, 0.25) is 5.02 Å². The summed E-state index contributed by atoms with van der Waals surface area (Å²) in [5.41, 5.74) is 2.33. The van der Waals surface area contributed by atoms with Gasteiger partial charge in [0, 0.05) is 54.9 Å². The normalized spacial score (nSPS) is 14.7. The molecule has 8 heteroatoms. The number of benzene rings is 1. The number of anilines is 1. The maximum atomic E-state index is 12.5. The number of likely N-dealkylation sites (N-methyl/N-ethyl adjacent to an activating group) is 1. The molecule has 4 rings (SSSR count). The van der Waals surface area contributed by atoms with E-state index in [9.17, 15) is 4.79 Å². The Kier molecular flexibility index (Phi) is 6.62. The summed E-state index contributed by atoms with van der Waals surface area (Å²) in [6.07, 6.45) is 1.84. The number of carbonyl (C=O) groups is 1. The highest BCUT2D eigenvalue weighted by Crippen LogP contribution is 2.25. The van der Waals surface area contributed by atoms with E-state index in [2.05, 4.69) is 32.0 Å². The molecule has 1 aliphatic rings. The van der Waals surface area contributed by atoms with Crippen molar-refractivity contribution < 1.29 is 4.79 Å². The molecule has 0 bridgehead atoms. The second-order valence-electron chi connectivity index (χ2n) is 7.17. The van der Waals surface area contributed by atoms with Crippen LogP contribution < -0.4 is 10.2 Å². The van der Waals surface area contributed by atoms with Crippen molar-refractivity contribution in [2.45, 2.75) is 13.5 Å². The third-order valence-corrected chi connectivity index (χ3v) is 6.38. The number of hydrogen-bond acceptors (Lipinski definition) is 6. The summed E-state index contributed by atoms with van der Waals surface area (Å²) in [5, 5.41) is 6.17. The van der Waals surface area contributed by atoms with Crippen molar-refractivity contribution in [2.75, 3.05) is 37.6 Å². The predicted octanol–water partition coefficient (Wildman–Crippen LogP) is 3.93. The second kappa shape index (κ2) is 9.55. The molecule has 6 nitrogen and oxygen atoms in total. The number of amides is 1. The number of thiazole rings is 1. The first-order valence-electron chi connectivity index (χ1n) is 10.0. The van der Waals surface area contributed by atoms with E-state index >= 15 is 0 Å². The van der Waals surface area contributed by atoms with Gasteiger partial charge < -0.3 is 15.1 Å². The molecule has 3 heterocycles. The fourth-order valence-corrected chi connectivity index (χ4v) is 4.31. The topological polar surface area (TPSA) is 61.4 Å². The molecule has 2 aromatic heterocycles. The van der Waals surface area contributed by atoms with Crippen molar-refractivity contribution >= 4 is 34.7 Å².